The molecule has 0 fully saturated rings. The van der Waals surface area contributed by atoms with Crippen molar-refractivity contribution in [3.63, 3.8) is 0 Å². The van der Waals surface area contributed by atoms with E-state index in [9.17, 15) is 15.0 Å². The molecule has 1 aliphatic rings. The van der Waals surface area contributed by atoms with Crippen LogP contribution in [-0.2, 0) is 4.79 Å². The maximum Gasteiger partial charge on any atom is 0.295 e. The highest BCUT2D eigenvalue weighted by Gasteiger charge is 2.30. The number of benzene rings is 2. The van der Waals surface area contributed by atoms with Crippen LogP contribution in [0, 0.1) is 6.92 Å². The number of hydrogen-bond acceptors (Lipinski definition) is 5. The number of anilines is 1. The summed E-state index contributed by atoms with van der Waals surface area (Å²) in [5.74, 6) is 0.942. The second-order valence-electron chi connectivity index (χ2n) is 7.11. The van der Waals surface area contributed by atoms with Crippen molar-refractivity contribution in [3.05, 3.63) is 52.7 Å². The van der Waals surface area contributed by atoms with Crippen LogP contribution in [0.3, 0.4) is 0 Å². The first-order chi connectivity index (χ1) is 13.2. The third-order valence-electron chi connectivity index (χ3n) is 4.76. The summed E-state index contributed by atoms with van der Waals surface area (Å²) in [4.78, 5) is 18.5. The number of carbonyl (C=O) groups is 1. The molecule has 0 saturated carbocycles. The predicted octanol–water partition coefficient (Wildman–Crippen LogP) is 4.34. The van der Waals surface area contributed by atoms with Crippen molar-refractivity contribution in [1.82, 2.24) is 0 Å². The van der Waals surface area contributed by atoms with Crippen LogP contribution in [0.15, 0.2) is 41.0 Å². The summed E-state index contributed by atoms with van der Waals surface area (Å²) < 4.78 is 5.15. The molecule has 0 bridgehead atoms. The van der Waals surface area contributed by atoms with Gasteiger partial charge in [0.25, 0.3) is 5.91 Å². The molecule has 0 saturated heterocycles. The van der Waals surface area contributed by atoms with Gasteiger partial charge in [-0.2, -0.15) is 4.99 Å². The van der Waals surface area contributed by atoms with E-state index < -0.39 is 0 Å². The number of nitrogens with zero attached hydrogens (tertiary/aromatic N) is 2. The Bertz CT molecular complexity index is 1010. The zero-order chi connectivity index (χ0) is 20.6. The third-order valence-corrected chi connectivity index (χ3v) is 4.76. The number of amidine groups is 1. The molecule has 1 amide bonds. The predicted molar refractivity (Wildman–Crippen MR) is 110 cm³/mol. The Labute approximate surface area is 164 Å². The second kappa shape index (κ2) is 7.38. The van der Waals surface area contributed by atoms with Crippen LogP contribution in [0.25, 0.3) is 6.08 Å². The molecule has 1 aliphatic heterocycles. The van der Waals surface area contributed by atoms with Gasteiger partial charge in [-0.05, 0) is 66.8 Å². The zero-order valence-electron chi connectivity index (χ0n) is 16.6. The molecule has 6 heteroatoms. The molecule has 3 rings (SSSR count). The maximum atomic E-state index is 12.6. The fourth-order valence-corrected chi connectivity index (χ4v) is 3.30. The third kappa shape index (κ3) is 3.45. The number of phenols is 2. The number of hydrogen-bond donors (Lipinski definition) is 2. The van der Waals surface area contributed by atoms with Gasteiger partial charge in [0.2, 0.25) is 0 Å². The summed E-state index contributed by atoms with van der Waals surface area (Å²) in [7, 11) is 1.47. The zero-order valence-corrected chi connectivity index (χ0v) is 16.6. The Hall–Kier alpha value is -3.28. The highest BCUT2D eigenvalue weighted by atomic mass is 16.5. The first-order valence-electron chi connectivity index (χ1n) is 9.05. The quantitative estimate of drug-likeness (QED) is 0.771. The normalized spacial score (nSPS) is 15.5. The number of carbonyl (C=O) groups excluding carboxylic acids is 1. The average molecular weight is 380 g/mol. The van der Waals surface area contributed by atoms with E-state index in [4.69, 9.17) is 4.74 Å². The Kier molecular flexibility index (Phi) is 5.14. The summed E-state index contributed by atoms with van der Waals surface area (Å²) in [6, 6.07) is 8.49. The molecule has 1 heterocycles. The summed E-state index contributed by atoms with van der Waals surface area (Å²) >= 11 is 0. The molecule has 0 radical (unpaired) electrons. The summed E-state index contributed by atoms with van der Waals surface area (Å²) in [6.07, 6.45) is 1.71. The van der Waals surface area contributed by atoms with Crippen LogP contribution in [0.4, 0.5) is 5.69 Å². The minimum absolute atomic E-state index is 0.0302. The topological polar surface area (TPSA) is 82.4 Å². The molecule has 0 spiro atoms. The van der Waals surface area contributed by atoms with Gasteiger partial charge in [0, 0.05) is 0 Å². The number of aryl methyl sites for hydroxylation is 1. The van der Waals surface area contributed by atoms with Crippen molar-refractivity contribution in [2.45, 2.75) is 33.6 Å². The molecule has 0 unspecified atom stereocenters. The van der Waals surface area contributed by atoms with Gasteiger partial charge in [0.1, 0.15) is 17.3 Å². The van der Waals surface area contributed by atoms with E-state index in [2.05, 4.69) is 4.99 Å². The van der Waals surface area contributed by atoms with Crippen LogP contribution in [0.2, 0.25) is 0 Å². The largest absolute Gasteiger partial charge is 0.508 e. The molecule has 2 N–H and O–H groups in total. The SMILES string of the molecule is COc1cc(C=C2C(=O)N=C(C)N2c2cc(C(C)C)c(O)cc2C)ccc1O. The molecular weight excluding hydrogens is 356 g/mol. The smallest absolute Gasteiger partial charge is 0.295 e. The van der Waals surface area contributed by atoms with Gasteiger partial charge in [-0.25, -0.2) is 0 Å². The summed E-state index contributed by atoms with van der Waals surface area (Å²) in [5.41, 5.74) is 3.53. The molecule has 0 aromatic heterocycles. The van der Waals surface area contributed by atoms with Gasteiger partial charge in [0.15, 0.2) is 11.5 Å². The Morgan fingerprint density at radius 1 is 1.11 bits per heavy atom. The maximum absolute atomic E-state index is 12.6. The molecule has 2 aromatic carbocycles. The van der Waals surface area contributed by atoms with E-state index in [0.29, 0.717) is 22.8 Å². The van der Waals surface area contributed by atoms with Crippen molar-refractivity contribution in [1.29, 1.82) is 0 Å². The van der Waals surface area contributed by atoms with Gasteiger partial charge in [-0.3, -0.25) is 9.69 Å². The fourth-order valence-electron chi connectivity index (χ4n) is 3.30. The Morgan fingerprint density at radius 2 is 1.82 bits per heavy atom. The van der Waals surface area contributed by atoms with Crippen LogP contribution in [-0.4, -0.2) is 29.1 Å². The van der Waals surface area contributed by atoms with E-state index in [-0.39, 0.29) is 23.3 Å². The Balaban J connectivity index is 2.13. The lowest BCUT2D eigenvalue weighted by atomic mass is 9.98. The van der Waals surface area contributed by atoms with Crippen molar-refractivity contribution in [2.24, 2.45) is 4.99 Å². The van der Waals surface area contributed by atoms with Crippen LogP contribution < -0.4 is 9.64 Å². The van der Waals surface area contributed by atoms with Gasteiger partial charge in [-0.1, -0.05) is 19.9 Å². The first kappa shape index (κ1) is 19.5. The van der Waals surface area contributed by atoms with Crippen molar-refractivity contribution in [3.8, 4) is 17.2 Å². The highest BCUT2D eigenvalue weighted by molar-refractivity contribution is 6.22. The number of methoxy groups -OCH3 is 1. The molecule has 146 valence electrons. The van der Waals surface area contributed by atoms with Crippen molar-refractivity contribution < 1.29 is 19.7 Å². The van der Waals surface area contributed by atoms with Crippen molar-refractivity contribution >= 4 is 23.5 Å². The van der Waals surface area contributed by atoms with Crippen LogP contribution in [0.1, 0.15) is 43.4 Å². The fraction of sp³-hybridized carbons (Fsp3) is 0.273. The van der Waals surface area contributed by atoms with E-state index in [1.807, 2.05) is 26.8 Å². The number of rotatable bonds is 4. The Morgan fingerprint density at radius 3 is 2.46 bits per heavy atom. The molecule has 6 nitrogen and oxygen atoms in total. The highest BCUT2D eigenvalue weighted by Crippen LogP contribution is 2.37. The molecule has 2 aromatic rings. The molecule has 0 atom stereocenters. The second-order valence-corrected chi connectivity index (χ2v) is 7.11. The van der Waals surface area contributed by atoms with Crippen molar-refractivity contribution in [2.75, 3.05) is 12.0 Å². The van der Waals surface area contributed by atoms with E-state index >= 15 is 0 Å². The monoisotopic (exact) mass is 380 g/mol. The summed E-state index contributed by atoms with van der Waals surface area (Å²) in [6.45, 7) is 7.67. The van der Waals surface area contributed by atoms with E-state index in [0.717, 1.165) is 16.8 Å². The first-order valence-corrected chi connectivity index (χ1v) is 9.05. The number of amides is 1. The minimum Gasteiger partial charge on any atom is -0.508 e. The molecule has 0 aliphatic carbocycles. The number of ether oxygens (including phenoxy) is 1. The van der Waals surface area contributed by atoms with E-state index in [1.54, 1.807) is 36.1 Å². The standard InChI is InChI=1S/C22H24N2O4/c1-12(2)16-11-17(13(3)8-20(16)26)24-14(4)23-22(27)18(24)9-15-6-7-19(25)21(10-15)28-5/h6-12,25-26H,1-5H3. The molecular formula is C22H24N2O4. The lowest BCUT2D eigenvalue weighted by molar-refractivity contribution is -0.113. The molecule has 28 heavy (non-hydrogen) atoms. The minimum atomic E-state index is -0.344. The van der Waals surface area contributed by atoms with Crippen LogP contribution in [0.5, 0.6) is 17.2 Å². The van der Waals surface area contributed by atoms with Gasteiger partial charge in [0.05, 0.1) is 12.8 Å². The van der Waals surface area contributed by atoms with Gasteiger partial charge < -0.3 is 14.9 Å². The average Bonchev–Trinajstić information content (AvgIpc) is 2.90. The number of phenolic OH excluding ortho intramolecular Hbond substituents is 2. The number of aromatic hydroxyl groups is 2. The lowest BCUT2D eigenvalue weighted by Gasteiger charge is -2.24. The summed E-state index contributed by atoms with van der Waals surface area (Å²) in [5, 5.41) is 20.1. The van der Waals surface area contributed by atoms with Gasteiger partial charge in [-0.15, -0.1) is 0 Å². The van der Waals surface area contributed by atoms with Crippen LogP contribution >= 0.6 is 0 Å². The van der Waals surface area contributed by atoms with Gasteiger partial charge >= 0.3 is 0 Å². The number of aliphatic imine (C=N–C) groups is 1. The van der Waals surface area contributed by atoms with E-state index in [1.165, 1.54) is 13.2 Å². The lowest BCUT2D eigenvalue weighted by Crippen LogP contribution is -2.25.